The zero-order valence-electron chi connectivity index (χ0n) is 10.8. The smallest absolute Gasteiger partial charge is 0.0665 e. The van der Waals surface area contributed by atoms with E-state index in [2.05, 4.69) is 22.0 Å². The lowest BCUT2D eigenvalue weighted by atomic mass is 9.98. The molecule has 0 radical (unpaired) electrons. The van der Waals surface area contributed by atoms with Gasteiger partial charge in [-0.2, -0.15) is 0 Å². The predicted octanol–water partition coefficient (Wildman–Crippen LogP) is 7.28. The van der Waals surface area contributed by atoms with Crippen LogP contribution in [0.15, 0.2) is 54.6 Å². The Hall–Kier alpha value is -0.730. The minimum absolute atomic E-state index is 0.0501. The van der Waals surface area contributed by atoms with Crippen molar-refractivity contribution >= 4 is 61.5 Å². The lowest BCUT2D eigenvalue weighted by Crippen LogP contribution is -1.96. The molecule has 0 aliphatic carbocycles. The lowest BCUT2D eigenvalue weighted by Gasteiger charge is -2.16. The van der Waals surface area contributed by atoms with Gasteiger partial charge in [0.25, 0.3) is 0 Å². The number of rotatable bonds is 2. The number of alkyl halides is 1. The van der Waals surface area contributed by atoms with Crippen LogP contribution in [-0.2, 0) is 0 Å². The molecule has 3 aromatic carbocycles. The van der Waals surface area contributed by atoms with E-state index in [1.807, 2.05) is 42.5 Å². The molecule has 1 unspecified atom stereocenters. The molecule has 0 aromatic heterocycles. The van der Waals surface area contributed by atoms with Crippen LogP contribution in [0.25, 0.3) is 10.8 Å². The monoisotopic (exact) mass is 398 g/mol. The summed E-state index contributed by atoms with van der Waals surface area (Å²) < 4.78 is 0. The zero-order valence-corrected chi connectivity index (χ0v) is 14.6. The molecule has 21 heavy (non-hydrogen) atoms. The van der Waals surface area contributed by atoms with Gasteiger partial charge in [0, 0.05) is 10.4 Å². The van der Waals surface area contributed by atoms with E-state index >= 15 is 0 Å². The lowest BCUT2D eigenvalue weighted by molar-refractivity contribution is 1.20. The summed E-state index contributed by atoms with van der Waals surface area (Å²) in [7, 11) is 0. The predicted molar refractivity (Wildman–Crippen MR) is 96.2 cm³/mol. The van der Waals surface area contributed by atoms with E-state index in [4.69, 9.17) is 34.8 Å². The van der Waals surface area contributed by atoms with Crippen LogP contribution in [0.1, 0.15) is 16.0 Å². The SMILES string of the molecule is Clc1cccc(C(Br)c2ccc(Cl)c3ccccc23)c1Cl. The third-order valence-corrected chi connectivity index (χ3v) is 5.58. The molecule has 4 heteroatoms. The maximum absolute atomic E-state index is 6.33. The summed E-state index contributed by atoms with van der Waals surface area (Å²) in [6.45, 7) is 0. The highest BCUT2D eigenvalue weighted by molar-refractivity contribution is 9.09. The van der Waals surface area contributed by atoms with Crippen molar-refractivity contribution in [2.24, 2.45) is 0 Å². The van der Waals surface area contributed by atoms with E-state index in [1.54, 1.807) is 6.07 Å². The molecule has 0 heterocycles. The van der Waals surface area contributed by atoms with Crippen molar-refractivity contribution in [1.82, 2.24) is 0 Å². The summed E-state index contributed by atoms with van der Waals surface area (Å²) in [5.74, 6) is 0. The Balaban J connectivity index is 2.21. The number of hydrogen-bond donors (Lipinski definition) is 0. The van der Waals surface area contributed by atoms with Crippen molar-refractivity contribution < 1.29 is 0 Å². The topological polar surface area (TPSA) is 0 Å². The summed E-state index contributed by atoms with van der Waals surface area (Å²) in [5, 5.41) is 3.99. The van der Waals surface area contributed by atoms with E-state index in [-0.39, 0.29) is 4.83 Å². The number of fused-ring (bicyclic) bond motifs is 1. The van der Waals surface area contributed by atoms with Crippen LogP contribution < -0.4 is 0 Å². The molecular weight excluding hydrogens is 390 g/mol. The summed E-state index contributed by atoms with van der Waals surface area (Å²) in [6.07, 6.45) is 0. The zero-order chi connectivity index (χ0) is 15.0. The molecule has 0 aliphatic rings. The van der Waals surface area contributed by atoms with Crippen molar-refractivity contribution in [2.75, 3.05) is 0 Å². The highest BCUT2D eigenvalue weighted by Crippen LogP contribution is 2.41. The molecule has 0 aliphatic heterocycles. The van der Waals surface area contributed by atoms with Gasteiger partial charge in [-0.1, -0.05) is 93.2 Å². The Kier molecular flexibility index (Phi) is 4.46. The molecule has 0 spiro atoms. The highest BCUT2D eigenvalue weighted by Gasteiger charge is 2.18. The van der Waals surface area contributed by atoms with Gasteiger partial charge < -0.3 is 0 Å². The van der Waals surface area contributed by atoms with Gasteiger partial charge in [-0.25, -0.2) is 0 Å². The Labute approximate surface area is 146 Å². The van der Waals surface area contributed by atoms with E-state index in [9.17, 15) is 0 Å². The van der Waals surface area contributed by atoms with Crippen LogP contribution in [-0.4, -0.2) is 0 Å². The summed E-state index contributed by atoms with van der Waals surface area (Å²) >= 11 is 22.5. The fourth-order valence-electron chi connectivity index (χ4n) is 2.39. The quantitative estimate of drug-likeness (QED) is 0.396. The number of benzene rings is 3. The Morgan fingerprint density at radius 3 is 2.14 bits per heavy atom. The second-order valence-electron chi connectivity index (χ2n) is 4.69. The molecule has 3 rings (SSSR count). The molecule has 0 bridgehead atoms. The van der Waals surface area contributed by atoms with Gasteiger partial charge in [-0.15, -0.1) is 0 Å². The fraction of sp³-hybridized carbons (Fsp3) is 0.0588. The highest BCUT2D eigenvalue weighted by atomic mass is 79.9. The summed E-state index contributed by atoms with van der Waals surface area (Å²) in [5.41, 5.74) is 2.05. The molecule has 0 nitrogen and oxygen atoms in total. The molecule has 0 fully saturated rings. The van der Waals surface area contributed by atoms with Crippen molar-refractivity contribution in [1.29, 1.82) is 0 Å². The van der Waals surface area contributed by atoms with Crippen molar-refractivity contribution in [3.63, 3.8) is 0 Å². The second kappa shape index (κ2) is 6.18. The van der Waals surface area contributed by atoms with Gasteiger partial charge in [-0.05, 0) is 28.6 Å². The third kappa shape index (κ3) is 2.80. The third-order valence-electron chi connectivity index (χ3n) is 3.43. The minimum Gasteiger partial charge on any atom is -0.0837 e. The number of halogens is 4. The van der Waals surface area contributed by atoms with E-state index in [0.29, 0.717) is 10.0 Å². The fourth-order valence-corrected chi connectivity index (χ4v) is 3.95. The van der Waals surface area contributed by atoms with Crippen LogP contribution in [0.5, 0.6) is 0 Å². The first-order chi connectivity index (χ1) is 10.1. The second-order valence-corrected chi connectivity index (χ2v) is 6.80. The normalized spacial score (nSPS) is 12.6. The van der Waals surface area contributed by atoms with Gasteiger partial charge in [0.15, 0.2) is 0 Å². The minimum atomic E-state index is -0.0501. The molecule has 0 amide bonds. The number of hydrogen-bond acceptors (Lipinski definition) is 0. The first-order valence-corrected chi connectivity index (χ1v) is 8.39. The molecule has 1 atom stereocenters. The Bertz CT molecular complexity index is 814. The van der Waals surface area contributed by atoms with Gasteiger partial charge in [0.1, 0.15) is 0 Å². The van der Waals surface area contributed by atoms with E-state index in [0.717, 1.165) is 26.9 Å². The molecule has 106 valence electrons. The van der Waals surface area contributed by atoms with Crippen LogP contribution >= 0.6 is 50.7 Å². The first-order valence-electron chi connectivity index (χ1n) is 6.34. The van der Waals surface area contributed by atoms with Gasteiger partial charge in [0.05, 0.1) is 14.9 Å². The maximum Gasteiger partial charge on any atom is 0.0665 e. The average Bonchev–Trinajstić information content (AvgIpc) is 2.50. The van der Waals surface area contributed by atoms with Crippen LogP contribution in [0.4, 0.5) is 0 Å². The van der Waals surface area contributed by atoms with E-state index in [1.165, 1.54) is 0 Å². The van der Waals surface area contributed by atoms with Crippen molar-refractivity contribution in [3.05, 3.63) is 80.8 Å². The van der Waals surface area contributed by atoms with Crippen LogP contribution in [0, 0.1) is 0 Å². The van der Waals surface area contributed by atoms with Crippen LogP contribution in [0.2, 0.25) is 15.1 Å². The first kappa shape index (κ1) is 15.2. The Morgan fingerprint density at radius 1 is 0.667 bits per heavy atom. The van der Waals surface area contributed by atoms with Gasteiger partial charge >= 0.3 is 0 Å². The molecular formula is C17H10BrCl3. The van der Waals surface area contributed by atoms with Gasteiger partial charge in [0.2, 0.25) is 0 Å². The van der Waals surface area contributed by atoms with Crippen LogP contribution in [0.3, 0.4) is 0 Å². The van der Waals surface area contributed by atoms with Crippen molar-refractivity contribution in [3.8, 4) is 0 Å². The standard InChI is InChI=1S/C17H10BrCl3/c18-16(13-6-3-7-15(20)17(13)21)12-8-9-14(19)11-5-2-1-4-10(11)12/h1-9,16H. The summed E-state index contributed by atoms with van der Waals surface area (Å²) in [6, 6.07) is 17.6. The molecule has 0 saturated heterocycles. The summed E-state index contributed by atoms with van der Waals surface area (Å²) in [4.78, 5) is -0.0501. The average molecular weight is 401 g/mol. The maximum atomic E-state index is 6.33. The molecule has 0 saturated carbocycles. The van der Waals surface area contributed by atoms with E-state index < -0.39 is 0 Å². The largest absolute Gasteiger partial charge is 0.0837 e. The Morgan fingerprint density at radius 2 is 1.38 bits per heavy atom. The molecule has 0 N–H and O–H groups in total. The van der Waals surface area contributed by atoms with Crippen molar-refractivity contribution in [2.45, 2.75) is 4.83 Å². The molecule has 3 aromatic rings. The van der Waals surface area contributed by atoms with Gasteiger partial charge in [-0.3, -0.25) is 0 Å².